The Bertz CT molecular complexity index is 882. The van der Waals surface area contributed by atoms with Crippen molar-refractivity contribution in [2.45, 2.75) is 0 Å². The molecule has 0 fully saturated rings. The molecular formula is C19H16ClNO5. The van der Waals surface area contributed by atoms with Crippen LogP contribution in [0.5, 0.6) is 17.2 Å². The molecule has 0 spiro atoms. The van der Waals surface area contributed by atoms with Crippen LogP contribution in [0.15, 0.2) is 47.5 Å². The lowest BCUT2D eigenvalue weighted by Crippen LogP contribution is -2.31. The van der Waals surface area contributed by atoms with Crippen LogP contribution in [0.2, 0.25) is 0 Å². The van der Waals surface area contributed by atoms with Crippen LogP contribution in [0.25, 0.3) is 5.57 Å². The average molecular weight is 374 g/mol. The highest BCUT2D eigenvalue weighted by molar-refractivity contribution is 6.60. The normalized spacial score (nSPS) is 14.1. The largest absolute Gasteiger partial charge is 0.497 e. The fourth-order valence-electron chi connectivity index (χ4n) is 2.67. The van der Waals surface area contributed by atoms with Crippen molar-refractivity contribution in [1.82, 2.24) is 0 Å². The van der Waals surface area contributed by atoms with Crippen LogP contribution in [0.3, 0.4) is 0 Å². The monoisotopic (exact) mass is 373 g/mol. The Morgan fingerprint density at radius 1 is 0.769 bits per heavy atom. The van der Waals surface area contributed by atoms with Gasteiger partial charge in [-0.05, 0) is 17.7 Å². The molecule has 0 aromatic heterocycles. The van der Waals surface area contributed by atoms with Crippen LogP contribution < -0.4 is 19.1 Å². The second-order valence-electron chi connectivity index (χ2n) is 5.43. The quantitative estimate of drug-likeness (QED) is 0.753. The molecule has 2 aromatic carbocycles. The van der Waals surface area contributed by atoms with Crippen molar-refractivity contribution in [3.63, 3.8) is 0 Å². The Morgan fingerprint density at radius 2 is 1.31 bits per heavy atom. The second-order valence-corrected chi connectivity index (χ2v) is 5.81. The number of hydrogen-bond acceptors (Lipinski definition) is 5. The number of carbonyl (C=O) groups excluding carboxylic acids is 2. The molecule has 0 unspecified atom stereocenters. The zero-order valence-electron chi connectivity index (χ0n) is 14.4. The summed E-state index contributed by atoms with van der Waals surface area (Å²) in [4.78, 5) is 26.6. The molecule has 0 atom stereocenters. The Balaban J connectivity index is 2.03. The first-order valence-electron chi connectivity index (χ1n) is 7.66. The number of rotatable bonds is 5. The van der Waals surface area contributed by atoms with Crippen molar-refractivity contribution in [3.8, 4) is 17.2 Å². The number of carbonyl (C=O) groups is 2. The van der Waals surface area contributed by atoms with Crippen LogP contribution in [0, 0.1) is 0 Å². The van der Waals surface area contributed by atoms with Crippen LogP contribution in [0.4, 0.5) is 5.69 Å². The third-order valence-electron chi connectivity index (χ3n) is 4.00. The van der Waals surface area contributed by atoms with E-state index in [-0.39, 0.29) is 10.6 Å². The first kappa shape index (κ1) is 17.8. The molecule has 0 saturated heterocycles. The first-order chi connectivity index (χ1) is 12.5. The lowest BCUT2D eigenvalue weighted by Gasteiger charge is -2.17. The Hall–Kier alpha value is -2.99. The molecule has 6 nitrogen and oxygen atoms in total. The van der Waals surface area contributed by atoms with Gasteiger partial charge in [0.2, 0.25) is 0 Å². The summed E-state index contributed by atoms with van der Waals surface area (Å²) in [6.45, 7) is 0. The van der Waals surface area contributed by atoms with Gasteiger partial charge in [0.1, 0.15) is 22.3 Å². The predicted molar refractivity (Wildman–Crippen MR) is 97.8 cm³/mol. The first-order valence-corrected chi connectivity index (χ1v) is 8.04. The molecule has 0 saturated carbocycles. The highest BCUT2D eigenvalue weighted by atomic mass is 35.5. The van der Waals surface area contributed by atoms with Crippen molar-refractivity contribution < 1.29 is 23.8 Å². The maximum absolute atomic E-state index is 12.9. The summed E-state index contributed by atoms with van der Waals surface area (Å²) in [7, 11) is 4.52. The third kappa shape index (κ3) is 2.99. The molecule has 26 heavy (non-hydrogen) atoms. The summed E-state index contributed by atoms with van der Waals surface area (Å²) >= 11 is 6.20. The van der Waals surface area contributed by atoms with Crippen LogP contribution >= 0.6 is 11.6 Å². The number of ether oxygens (including phenoxy) is 3. The summed E-state index contributed by atoms with van der Waals surface area (Å²) in [6.07, 6.45) is 0. The van der Waals surface area contributed by atoms with Gasteiger partial charge in [-0.2, -0.15) is 0 Å². The van der Waals surface area contributed by atoms with Gasteiger partial charge in [-0.3, -0.25) is 9.59 Å². The van der Waals surface area contributed by atoms with Crippen molar-refractivity contribution in [1.29, 1.82) is 0 Å². The van der Waals surface area contributed by atoms with E-state index in [2.05, 4.69) is 0 Å². The predicted octanol–water partition coefficient (Wildman–Crippen LogP) is 3.24. The minimum Gasteiger partial charge on any atom is -0.497 e. The van der Waals surface area contributed by atoms with Gasteiger partial charge in [-0.15, -0.1) is 0 Å². The second kappa shape index (κ2) is 7.09. The molecule has 3 rings (SSSR count). The summed E-state index contributed by atoms with van der Waals surface area (Å²) in [5.41, 5.74) is 0.991. The highest BCUT2D eigenvalue weighted by Crippen LogP contribution is 2.37. The van der Waals surface area contributed by atoms with E-state index in [0.717, 1.165) is 4.90 Å². The van der Waals surface area contributed by atoms with Crippen LogP contribution in [0.1, 0.15) is 5.56 Å². The summed E-state index contributed by atoms with van der Waals surface area (Å²) < 4.78 is 15.5. The number of nitrogens with zero attached hydrogens (tertiary/aromatic N) is 1. The van der Waals surface area contributed by atoms with Gasteiger partial charge in [-0.1, -0.05) is 23.7 Å². The van der Waals surface area contributed by atoms with Gasteiger partial charge < -0.3 is 14.2 Å². The molecular weight excluding hydrogens is 358 g/mol. The van der Waals surface area contributed by atoms with E-state index in [1.165, 1.54) is 14.2 Å². The number of methoxy groups -OCH3 is 3. The van der Waals surface area contributed by atoms with Gasteiger partial charge in [-0.25, -0.2) is 4.90 Å². The van der Waals surface area contributed by atoms with Gasteiger partial charge in [0, 0.05) is 18.2 Å². The van der Waals surface area contributed by atoms with E-state index < -0.39 is 11.8 Å². The molecule has 134 valence electrons. The summed E-state index contributed by atoms with van der Waals surface area (Å²) in [5.74, 6) is 0.429. The van der Waals surface area contributed by atoms with Crippen molar-refractivity contribution in [3.05, 3.63) is 53.1 Å². The number of halogens is 1. The SMILES string of the molecule is COc1ccc(C2=C(Cl)C(=O)N(c3cc(OC)cc(OC)c3)C2=O)cc1. The molecule has 0 aliphatic carbocycles. The van der Waals surface area contributed by atoms with Gasteiger partial charge in [0.15, 0.2) is 0 Å². The van der Waals surface area contributed by atoms with E-state index in [1.807, 2.05) is 0 Å². The van der Waals surface area contributed by atoms with Crippen molar-refractivity contribution in [2.24, 2.45) is 0 Å². The molecule has 0 radical (unpaired) electrons. The number of anilines is 1. The van der Waals surface area contributed by atoms with Crippen LogP contribution in [-0.2, 0) is 9.59 Å². The Kier molecular flexibility index (Phi) is 4.86. The number of benzene rings is 2. The van der Waals surface area contributed by atoms with Crippen molar-refractivity contribution in [2.75, 3.05) is 26.2 Å². The number of imide groups is 1. The van der Waals surface area contributed by atoms with Gasteiger partial charge >= 0.3 is 0 Å². The average Bonchev–Trinajstić information content (AvgIpc) is 2.90. The topological polar surface area (TPSA) is 65.1 Å². The summed E-state index contributed by atoms with van der Waals surface area (Å²) in [6, 6.07) is 11.5. The molecule has 1 heterocycles. The van der Waals surface area contributed by atoms with Gasteiger partial charge in [0.05, 0.1) is 32.6 Å². The fraction of sp³-hybridized carbons (Fsp3) is 0.158. The zero-order chi connectivity index (χ0) is 18.8. The van der Waals surface area contributed by atoms with E-state index in [0.29, 0.717) is 28.5 Å². The van der Waals surface area contributed by atoms with Crippen LogP contribution in [-0.4, -0.2) is 33.1 Å². The Morgan fingerprint density at radius 3 is 1.81 bits per heavy atom. The van der Waals surface area contributed by atoms with E-state index in [1.54, 1.807) is 49.6 Å². The van der Waals surface area contributed by atoms with E-state index in [9.17, 15) is 9.59 Å². The molecule has 0 N–H and O–H groups in total. The molecule has 7 heteroatoms. The fourth-order valence-corrected chi connectivity index (χ4v) is 2.94. The lowest BCUT2D eigenvalue weighted by molar-refractivity contribution is -0.119. The van der Waals surface area contributed by atoms with E-state index in [4.69, 9.17) is 25.8 Å². The minimum absolute atomic E-state index is 0.137. The molecule has 1 aliphatic rings. The number of amides is 2. The molecule has 0 bridgehead atoms. The highest BCUT2D eigenvalue weighted by Gasteiger charge is 2.39. The van der Waals surface area contributed by atoms with Gasteiger partial charge in [0.25, 0.3) is 11.8 Å². The number of hydrogen-bond donors (Lipinski definition) is 0. The molecule has 1 aliphatic heterocycles. The molecule has 2 amide bonds. The maximum atomic E-state index is 12.9. The van der Waals surface area contributed by atoms with Crippen molar-refractivity contribution >= 4 is 34.7 Å². The lowest BCUT2D eigenvalue weighted by atomic mass is 10.1. The standard InChI is InChI=1S/C19H16ClNO5/c1-24-13-6-4-11(5-7-13)16-17(20)19(23)21(18(16)22)12-8-14(25-2)10-15(9-12)26-3/h4-10H,1-3H3. The smallest absolute Gasteiger partial charge is 0.277 e. The maximum Gasteiger partial charge on any atom is 0.277 e. The zero-order valence-corrected chi connectivity index (χ0v) is 15.2. The Labute approximate surface area is 155 Å². The third-order valence-corrected chi connectivity index (χ3v) is 4.35. The van der Waals surface area contributed by atoms with E-state index >= 15 is 0 Å². The molecule has 2 aromatic rings. The summed E-state index contributed by atoms with van der Waals surface area (Å²) in [5, 5.41) is -0.137. The minimum atomic E-state index is -0.599.